The summed E-state index contributed by atoms with van der Waals surface area (Å²) in [5.74, 6) is 1.65. The molecule has 0 spiro atoms. The summed E-state index contributed by atoms with van der Waals surface area (Å²) in [7, 11) is 0. The third kappa shape index (κ3) is 2.53. The monoisotopic (exact) mass is 261 g/mol. The van der Waals surface area contributed by atoms with Gasteiger partial charge in [0, 0.05) is 18.7 Å². The zero-order chi connectivity index (χ0) is 13.2. The molecule has 3 rings (SSSR count). The molecular formula is C15H23N3O. The second-order valence-corrected chi connectivity index (χ2v) is 5.86. The van der Waals surface area contributed by atoms with Crippen LogP contribution in [-0.4, -0.2) is 23.1 Å². The molecule has 4 heteroatoms. The SMILES string of the molecule is CCC1CCN(c2nc3c(c(=O)[nH]2)CCCC3)CC1. The lowest BCUT2D eigenvalue weighted by Gasteiger charge is -2.32. The van der Waals surface area contributed by atoms with Crippen LogP contribution < -0.4 is 10.5 Å². The van der Waals surface area contributed by atoms with Crippen LogP contribution in [0.1, 0.15) is 50.3 Å². The predicted molar refractivity (Wildman–Crippen MR) is 76.7 cm³/mol. The van der Waals surface area contributed by atoms with Crippen molar-refractivity contribution in [2.45, 2.75) is 51.9 Å². The summed E-state index contributed by atoms with van der Waals surface area (Å²) < 4.78 is 0. The second kappa shape index (κ2) is 5.35. The summed E-state index contributed by atoms with van der Waals surface area (Å²) in [6, 6.07) is 0. The summed E-state index contributed by atoms with van der Waals surface area (Å²) in [5.41, 5.74) is 2.07. The minimum Gasteiger partial charge on any atom is -0.342 e. The van der Waals surface area contributed by atoms with Gasteiger partial charge in [-0.15, -0.1) is 0 Å². The first-order valence-electron chi connectivity index (χ1n) is 7.65. The van der Waals surface area contributed by atoms with Gasteiger partial charge >= 0.3 is 0 Å². The van der Waals surface area contributed by atoms with E-state index in [1.165, 1.54) is 25.7 Å². The molecule has 1 fully saturated rings. The zero-order valence-corrected chi connectivity index (χ0v) is 11.7. The van der Waals surface area contributed by atoms with Crippen molar-refractivity contribution in [3.05, 3.63) is 21.6 Å². The van der Waals surface area contributed by atoms with E-state index in [1.807, 2.05) is 0 Å². The second-order valence-electron chi connectivity index (χ2n) is 5.86. The van der Waals surface area contributed by atoms with E-state index in [9.17, 15) is 4.79 Å². The highest BCUT2D eigenvalue weighted by Crippen LogP contribution is 2.24. The number of aryl methyl sites for hydroxylation is 1. The van der Waals surface area contributed by atoms with Crippen LogP contribution in [0.4, 0.5) is 5.95 Å². The van der Waals surface area contributed by atoms with Crippen molar-refractivity contribution in [1.82, 2.24) is 9.97 Å². The fraction of sp³-hybridized carbons (Fsp3) is 0.733. The third-order valence-electron chi connectivity index (χ3n) is 4.67. The quantitative estimate of drug-likeness (QED) is 0.888. The fourth-order valence-electron chi connectivity index (χ4n) is 3.29. The number of piperidine rings is 1. The number of fused-ring (bicyclic) bond motifs is 1. The van der Waals surface area contributed by atoms with Gasteiger partial charge in [-0.05, 0) is 44.4 Å². The lowest BCUT2D eigenvalue weighted by molar-refractivity contribution is 0.391. The van der Waals surface area contributed by atoms with Crippen molar-refractivity contribution < 1.29 is 0 Å². The van der Waals surface area contributed by atoms with Crippen molar-refractivity contribution in [3.63, 3.8) is 0 Å². The minimum absolute atomic E-state index is 0.0947. The average Bonchev–Trinajstić information content (AvgIpc) is 2.47. The summed E-state index contributed by atoms with van der Waals surface area (Å²) in [4.78, 5) is 22.1. The molecule has 0 saturated carbocycles. The van der Waals surface area contributed by atoms with Gasteiger partial charge in [-0.2, -0.15) is 0 Å². The molecule has 1 aromatic heterocycles. The van der Waals surface area contributed by atoms with Gasteiger partial charge in [0.05, 0.1) is 5.69 Å². The number of aromatic nitrogens is 2. The maximum Gasteiger partial charge on any atom is 0.255 e. The average molecular weight is 261 g/mol. The van der Waals surface area contributed by atoms with E-state index in [0.29, 0.717) is 0 Å². The Hall–Kier alpha value is -1.32. The number of hydrogen-bond donors (Lipinski definition) is 1. The van der Waals surface area contributed by atoms with Crippen LogP contribution in [0, 0.1) is 5.92 Å². The van der Waals surface area contributed by atoms with E-state index < -0.39 is 0 Å². The van der Waals surface area contributed by atoms with Gasteiger partial charge in [-0.3, -0.25) is 9.78 Å². The fourth-order valence-corrected chi connectivity index (χ4v) is 3.29. The standard InChI is InChI=1S/C15H23N3O/c1-2-11-7-9-18(10-8-11)15-16-13-6-4-3-5-12(13)14(19)17-15/h11H,2-10H2,1H3,(H,16,17,19). The first-order valence-corrected chi connectivity index (χ1v) is 7.65. The summed E-state index contributed by atoms with van der Waals surface area (Å²) in [5, 5.41) is 0. The van der Waals surface area contributed by atoms with E-state index in [-0.39, 0.29) is 5.56 Å². The van der Waals surface area contributed by atoms with Gasteiger partial charge < -0.3 is 4.90 Å². The number of aromatic amines is 1. The van der Waals surface area contributed by atoms with Crippen molar-refractivity contribution in [2.75, 3.05) is 18.0 Å². The largest absolute Gasteiger partial charge is 0.342 e. The minimum atomic E-state index is 0.0947. The van der Waals surface area contributed by atoms with E-state index >= 15 is 0 Å². The smallest absolute Gasteiger partial charge is 0.255 e. The van der Waals surface area contributed by atoms with Crippen LogP contribution in [0.3, 0.4) is 0 Å². The summed E-state index contributed by atoms with van der Waals surface area (Å²) in [6.07, 6.45) is 7.86. The van der Waals surface area contributed by atoms with Gasteiger partial charge in [-0.25, -0.2) is 4.98 Å². The molecule has 0 atom stereocenters. The highest BCUT2D eigenvalue weighted by Gasteiger charge is 2.22. The number of rotatable bonds is 2. The molecule has 1 aromatic rings. The molecule has 1 saturated heterocycles. The molecule has 0 aromatic carbocycles. The first-order chi connectivity index (χ1) is 9.28. The number of nitrogens with one attached hydrogen (secondary N) is 1. The van der Waals surface area contributed by atoms with E-state index in [4.69, 9.17) is 4.98 Å². The van der Waals surface area contributed by atoms with Crippen LogP contribution in [0.25, 0.3) is 0 Å². The highest BCUT2D eigenvalue weighted by molar-refractivity contribution is 5.34. The van der Waals surface area contributed by atoms with E-state index in [2.05, 4.69) is 16.8 Å². The van der Waals surface area contributed by atoms with Crippen LogP contribution in [0.5, 0.6) is 0 Å². The van der Waals surface area contributed by atoms with Crippen molar-refractivity contribution >= 4 is 5.95 Å². The van der Waals surface area contributed by atoms with Gasteiger partial charge in [0.25, 0.3) is 5.56 Å². The Morgan fingerprint density at radius 3 is 2.74 bits per heavy atom. The molecule has 0 unspecified atom stereocenters. The Morgan fingerprint density at radius 1 is 1.26 bits per heavy atom. The lowest BCUT2D eigenvalue weighted by atomic mass is 9.94. The molecule has 2 aliphatic rings. The molecule has 19 heavy (non-hydrogen) atoms. The molecular weight excluding hydrogens is 238 g/mol. The molecule has 1 N–H and O–H groups in total. The maximum atomic E-state index is 12.1. The Balaban J connectivity index is 1.82. The highest BCUT2D eigenvalue weighted by atomic mass is 16.1. The Kier molecular flexibility index (Phi) is 3.58. The number of anilines is 1. The van der Waals surface area contributed by atoms with Crippen LogP contribution in [-0.2, 0) is 12.8 Å². The molecule has 104 valence electrons. The maximum absolute atomic E-state index is 12.1. The molecule has 2 heterocycles. The molecule has 0 bridgehead atoms. The van der Waals surface area contributed by atoms with Crippen LogP contribution >= 0.6 is 0 Å². The molecule has 0 radical (unpaired) electrons. The molecule has 4 nitrogen and oxygen atoms in total. The van der Waals surface area contributed by atoms with E-state index in [1.54, 1.807) is 0 Å². The topological polar surface area (TPSA) is 49.0 Å². The van der Waals surface area contributed by atoms with Crippen LogP contribution in [0.15, 0.2) is 4.79 Å². The zero-order valence-electron chi connectivity index (χ0n) is 11.7. The normalized spacial score (nSPS) is 20.4. The lowest BCUT2D eigenvalue weighted by Crippen LogP contribution is -2.36. The Labute approximate surface area is 114 Å². The number of hydrogen-bond acceptors (Lipinski definition) is 3. The Morgan fingerprint density at radius 2 is 2.00 bits per heavy atom. The van der Waals surface area contributed by atoms with Gasteiger partial charge in [0.2, 0.25) is 5.95 Å². The first kappa shape index (κ1) is 12.7. The van der Waals surface area contributed by atoms with Gasteiger partial charge in [0.1, 0.15) is 0 Å². The van der Waals surface area contributed by atoms with Crippen molar-refractivity contribution in [1.29, 1.82) is 0 Å². The van der Waals surface area contributed by atoms with Gasteiger partial charge in [0.15, 0.2) is 0 Å². The van der Waals surface area contributed by atoms with Crippen molar-refractivity contribution in [3.8, 4) is 0 Å². The number of nitrogens with zero attached hydrogens (tertiary/aromatic N) is 2. The summed E-state index contributed by atoms with van der Waals surface area (Å²) >= 11 is 0. The summed E-state index contributed by atoms with van der Waals surface area (Å²) in [6.45, 7) is 4.32. The Bertz CT molecular complexity index is 501. The van der Waals surface area contributed by atoms with Crippen LogP contribution in [0.2, 0.25) is 0 Å². The van der Waals surface area contributed by atoms with Crippen molar-refractivity contribution in [2.24, 2.45) is 5.92 Å². The molecule has 1 aliphatic carbocycles. The third-order valence-corrected chi connectivity index (χ3v) is 4.67. The van der Waals surface area contributed by atoms with E-state index in [0.717, 1.165) is 55.5 Å². The molecule has 1 aliphatic heterocycles. The molecule has 0 amide bonds. The van der Waals surface area contributed by atoms with Gasteiger partial charge in [-0.1, -0.05) is 13.3 Å². The number of H-pyrrole nitrogens is 1. The predicted octanol–water partition coefficient (Wildman–Crippen LogP) is 2.28.